The summed E-state index contributed by atoms with van der Waals surface area (Å²) in [6.07, 6.45) is 8.58. The van der Waals surface area contributed by atoms with Gasteiger partial charge >= 0.3 is 0 Å². The third kappa shape index (κ3) is 2.77. The van der Waals surface area contributed by atoms with Gasteiger partial charge in [0, 0.05) is 29.3 Å². The minimum Gasteiger partial charge on any atom is -0.267 e. The van der Waals surface area contributed by atoms with E-state index < -0.39 is 4.92 Å². The number of benzene rings is 1. The van der Waals surface area contributed by atoms with Gasteiger partial charge in [0.1, 0.15) is 0 Å². The average molecular weight is 299 g/mol. The molecule has 3 atom stereocenters. The number of hydrogen-bond acceptors (Lipinski definition) is 4. The molecule has 6 nitrogen and oxygen atoms in total. The van der Waals surface area contributed by atoms with Gasteiger partial charge in [0.25, 0.3) is 11.6 Å². The molecule has 2 bridgehead atoms. The lowest BCUT2D eigenvalue weighted by atomic mass is 9.95. The first kappa shape index (κ1) is 14.4. The van der Waals surface area contributed by atoms with E-state index in [2.05, 4.69) is 22.7 Å². The molecule has 3 rings (SSSR count). The molecule has 6 heteroatoms. The van der Waals surface area contributed by atoms with Crippen LogP contribution in [0.3, 0.4) is 0 Å². The maximum absolute atomic E-state index is 12.0. The zero-order chi connectivity index (χ0) is 15.7. The van der Waals surface area contributed by atoms with E-state index in [9.17, 15) is 14.9 Å². The van der Waals surface area contributed by atoms with E-state index in [1.54, 1.807) is 6.92 Å². The SMILES string of the molecule is Cc1cc(C(=O)NN=CC2CC3C=CC2C3)ccc1[N+](=O)[O-]. The number of amides is 1. The van der Waals surface area contributed by atoms with Gasteiger partial charge in [0.2, 0.25) is 0 Å². The van der Waals surface area contributed by atoms with Gasteiger partial charge in [-0.1, -0.05) is 12.2 Å². The number of nitro benzene ring substituents is 1. The Morgan fingerprint density at radius 1 is 1.41 bits per heavy atom. The molecular weight excluding hydrogens is 282 g/mol. The molecule has 1 fully saturated rings. The molecule has 2 aliphatic carbocycles. The summed E-state index contributed by atoms with van der Waals surface area (Å²) >= 11 is 0. The highest BCUT2D eigenvalue weighted by molar-refractivity contribution is 5.94. The highest BCUT2D eigenvalue weighted by atomic mass is 16.6. The Morgan fingerprint density at radius 3 is 2.82 bits per heavy atom. The summed E-state index contributed by atoms with van der Waals surface area (Å²) in [5.74, 6) is 1.25. The topological polar surface area (TPSA) is 84.6 Å². The van der Waals surface area contributed by atoms with E-state index >= 15 is 0 Å². The van der Waals surface area contributed by atoms with Crippen LogP contribution in [0.1, 0.15) is 28.8 Å². The van der Waals surface area contributed by atoms with Gasteiger partial charge in [-0.05, 0) is 43.7 Å². The second kappa shape index (κ2) is 5.71. The van der Waals surface area contributed by atoms with Crippen LogP contribution in [0.25, 0.3) is 0 Å². The van der Waals surface area contributed by atoms with Gasteiger partial charge < -0.3 is 0 Å². The summed E-state index contributed by atoms with van der Waals surface area (Å²) < 4.78 is 0. The highest BCUT2D eigenvalue weighted by Crippen LogP contribution is 2.42. The van der Waals surface area contributed by atoms with Gasteiger partial charge in [-0.2, -0.15) is 5.10 Å². The van der Waals surface area contributed by atoms with E-state index in [0.717, 1.165) is 6.42 Å². The lowest BCUT2D eigenvalue weighted by molar-refractivity contribution is -0.385. The average Bonchev–Trinajstić information content (AvgIpc) is 3.09. The molecule has 22 heavy (non-hydrogen) atoms. The molecule has 0 spiro atoms. The molecule has 1 saturated carbocycles. The maximum atomic E-state index is 12.0. The molecule has 1 aromatic carbocycles. The fourth-order valence-corrected chi connectivity index (χ4v) is 3.25. The van der Waals surface area contributed by atoms with E-state index in [1.165, 1.54) is 24.6 Å². The number of allylic oxidation sites excluding steroid dienone is 2. The van der Waals surface area contributed by atoms with Crippen molar-refractivity contribution in [2.45, 2.75) is 19.8 Å². The van der Waals surface area contributed by atoms with E-state index in [4.69, 9.17) is 0 Å². The van der Waals surface area contributed by atoms with Crippen molar-refractivity contribution in [1.29, 1.82) is 0 Å². The van der Waals surface area contributed by atoms with Crippen LogP contribution in [-0.2, 0) is 0 Å². The summed E-state index contributed by atoms with van der Waals surface area (Å²) in [7, 11) is 0. The van der Waals surface area contributed by atoms with Crippen molar-refractivity contribution < 1.29 is 9.72 Å². The van der Waals surface area contributed by atoms with Crippen LogP contribution in [0.4, 0.5) is 5.69 Å². The second-order valence-electron chi connectivity index (χ2n) is 5.92. The molecule has 0 radical (unpaired) electrons. The van der Waals surface area contributed by atoms with Crippen molar-refractivity contribution in [2.24, 2.45) is 22.9 Å². The van der Waals surface area contributed by atoms with Crippen molar-refractivity contribution >= 4 is 17.8 Å². The number of fused-ring (bicyclic) bond motifs is 2. The summed E-state index contributed by atoms with van der Waals surface area (Å²) in [5.41, 5.74) is 3.33. The van der Waals surface area contributed by atoms with Crippen molar-refractivity contribution in [2.75, 3.05) is 0 Å². The van der Waals surface area contributed by atoms with E-state index in [-0.39, 0.29) is 11.6 Å². The predicted molar refractivity (Wildman–Crippen MR) is 82.6 cm³/mol. The zero-order valence-electron chi connectivity index (χ0n) is 12.2. The second-order valence-corrected chi connectivity index (χ2v) is 5.92. The van der Waals surface area contributed by atoms with E-state index in [1.807, 2.05) is 6.21 Å². The van der Waals surface area contributed by atoms with Crippen LogP contribution >= 0.6 is 0 Å². The first-order valence-corrected chi connectivity index (χ1v) is 7.31. The number of rotatable bonds is 4. The molecule has 2 aliphatic rings. The van der Waals surface area contributed by atoms with Gasteiger partial charge in [0.05, 0.1) is 4.92 Å². The van der Waals surface area contributed by atoms with Crippen LogP contribution < -0.4 is 5.43 Å². The molecular formula is C16H17N3O3. The van der Waals surface area contributed by atoms with Crippen LogP contribution in [-0.4, -0.2) is 17.0 Å². The number of aryl methyl sites for hydroxylation is 1. The Bertz CT molecular complexity index is 681. The molecule has 0 heterocycles. The van der Waals surface area contributed by atoms with Crippen molar-refractivity contribution in [3.05, 3.63) is 51.6 Å². The molecule has 1 N–H and O–H groups in total. The Morgan fingerprint density at radius 2 is 2.23 bits per heavy atom. The molecule has 0 saturated heterocycles. The number of nitrogens with zero attached hydrogens (tertiary/aromatic N) is 2. The van der Waals surface area contributed by atoms with Crippen LogP contribution in [0, 0.1) is 34.8 Å². The normalized spacial score (nSPS) is 25.8. The Hall–Kier alpha value is -2.50. The molecule has 0 aliphatic heterocycles. The lowest BCUT2D eigenvalue weighted by Crippen LogP contribution is -2.19. The fourth-order valence-electron chi connectivity index (χ4n) is 3.25. The first-order chi connectivity index (χ1) is 10.5. The van der Waals surface area contributed by atoms with Crippen molar-refractivity contribution in [3.8, 4) is 0 Å². The quantitative estimate of drug-likeness (QED) is 0.401. The van der Waals surface area contributed by atoms with Gasteiger partial charge in [-0.3, -0.25) is 14.9 Å². The van der Waals surface area contributed by atoms with Crippen molar-refractivity contribution in [1.82, 2.24) is 5.43 Å². The molecule has 1 aromatic rings. The number of hydrogen-bond donors (Lipinski definition) is 1. The lowest BCUT2D eigenvalue weighted by Gasteiger charge is -2.11. The van der Waals surface area contributed by atoms with Crippen molar-refractivity contribution in [3.63, 3.8) is 0 Å². The predicted octanol–water partition coefficient (Wildman–Crippen LogP) is 2.83. The van der Waals surface area contributed by atoms with E-state index in [0.29, 0.717) is 28.9 Å². The number of nitrogens with one attached hydrogen (secondary N) is 1. The summed E-state index contributed by atoms with van der Waals surface area (Å²) in [5, 5.41) is 14.8. The van der Waals surface area contributed by atoms with Gasteiger partial charge in [-0.25, -0.2) is 5.43 Å². The Kier molecular flexibility index (Phi) is 3.75. The third-order valence-electron chi connectivity index (χ3n) is 4.42. The highest BCUT2D eigenvalue weighted by Gasteiger charge is 2.34. The smallest absolute Gasteiger partial charge is 0.267 e. The zero-order valence-corrected chi connectivity index (χ0v) is 12.2. The molecule has 0 aromatic heterocycles. The monoisotopic (exact) mass is 299 g/mol. The number of carbonyl (C=O) groups excluding carboxylic acids is 1. The first-order valence-electron chi connectivity index (χ1n) is 7.31. The minimum absolute atomic E-state index is 0.00817. The molecule has 3 unspecified atom stereocenters. The third-order valence-corrected chi connectivity index (χ3v) is 4.42. The number of carbonyl (C=O) groups is 1. The molecule has 114 valence electrons. The fraction of sp³-hybridized carbons (Fsp3) is 0.375. The van der Waals surface area contributed by atoms with Gasteiger partial charge in [0.15, 0.2) is 0 Å². The summed E-state index contributed by atoms with van der Waals surface area (Å²) in [4.78, 5) is 22.3. The van der Waals surface area contributed by atoms with Crippen LogP contribution in [0.5, 0.6) is 0 Å². The van der Waals surface area contributed by atoms with Crippen LogP contribution in [0.2, 0.25) is 0 Å². The minimum atomic E-state index is -0.460. The number of nitro groups is 1. The summed E-state index contributed by atoms with van der Waals surface area (Å²) in [6, 6.07) is 4.29. The van der Waals surface area contributed by atoms with Crippen LogP contribution in [0.15, 0.2) is 35.5 Å². The largest absolute Gasteiger partial charge is 0.272 e. The number of hydrazone groups is 1. The summed E-state index contributed by atoms with van der Waals surface area (Å²) in [6.45, 7) is 1.61. The van der Waals surface area contributed by atoms with Gasteiger partial charge in [-0.15, -0.1) is 0 Å². The standard InChI is InChI=1S/C16H17N3O3/c1-10-6-13(4-5-15(10)19(21)22)16(20)18-17-9-14-8-11-2-3-12(14)7-11/h2-6,9,11-12,14H,7-8H2,1H3,(H,18,20). The Balaban J connectivity index is 1.61. The Labute approximate surface area is 128 Å². The molecule has 1 amide bonds. The maximum Gasteiger partial charge on any atom is 0.272 e.